The fourth-order valence-corrected chi connectivity index (χ4v) is 3.85. The number of aromatic nitrogens is 2. The van der Waals surface area contributed by atoms with Gasteiger partial charge >= 0.3 is 0 Å². The molecule has 2 unspecified atom stereocenters. The van der Waals surface area contributed by atoms with E-state index in [0.717, 1.165) is 27.7 Å². The molecule has 20 heavy (non-hydrogen) atoms. The van der Waals surface area contributed by atoms with E-state index in [0.29, 0.717) is 12.0 Å². The highest BCUT2D eigenvalue weighted by atomic mass is 32.2. The van der Waals surface area contributed by atoms with Crippen molar-refractivity contribution in [2.45, 2.75) is 36.9 Å². The average molecular weight is 291 g/mol. The van der Waals surface area contributed by atoms with Gasteiger partial charge in [0.2, 0.25) is 0 Å². The Bertz CT molecular complexity index is 584. The van der Waals surface area contributed by atoms with Crippen LogP contribution >= 0.6 is 11.8 Å². The molecule has 3 rings (SSSR count). The number of rotatable bonds is 5. The maximum absolute atomic E-state index is 6.11. The summed E-state index contributed by atoms with van der Waals surface area (Å²) in [6.45, 7) is 0. The highest BCUT2D eigenvalue weighted by molar-refractivity contribution is 7.99. The summed E-state index contributed by atoms with van der Waals surface area (Å²) in [7, 11) is 1.68. The van der Waals surface area contributed by atoms with Gasteiger partial charge in [0, 0.05) is 17.9 Å². The first kappa shape index (κ1) is 13.8. The summed E-state index contributed by atoms with van der Waals surface area (Å²) in [5, 5.41) is 0.986. The number of fused-ring (bicyclic) bond motifs is 1. The fraction of sp³-hybridized carbons (Fsp3) is 0.533. The van der Waals surface area contributed by atoms with Crippen LogP contribution in [0.15, 0.2) is 23.4 Å². The average Bonchev–Trinajstić information content (AvgIpc) is 3.04. The Labute approximate surface area is 123 Å². The fourth-order valence-electron chi connectivity index (χ4n) is 2.89. The number of H-pyrrole nitrogens is 1. The van der Waals surface area contributed by atoms with Gasteiger partial charge in [0.1, 0.15) is 5.75 Å². The van der Waals surface area contributed by atoms with Gasteiger partial charge in [0.25, 0.3) is 0 Å². The molecule has 1 aliphatic rings. The minimum absolute atomic E-state index is 0.413. The molecule has 1 heterocycles. The zero-order valence-corrected chi connectivity index (χ0v) is 12.6. The number of methoxy groups -OCH3 is 1. The van der Waals surface area contributed by atoms with Crippen molar-refractivity contribution in [1.82, 2.24) is 9.97 Å². The van der Waals surface area contributed by atoms with Gasteiger partial charge in [0.05, 0.1) is 18.1 Å². The zero-order valence-electron chi connectivity index (χ0n) is 11.8. The van der Waals surface area contributed by atoms with E-state index in [1.807, 2.05) is 18.2 Å². The van der Waals surface area contributed by atoms with Crippen LogP contribution in [0.4, 0.5) is 0 Å². The lowest BCUT2D eigenvalue weighted by Gasteiger charge is -2.13. The van der Waals surface area contributed by atoms with Gasteiger partial charge < -0.3 is 15.5 Å². The van der Waals surface area contributed by atoms with E-state index in [9.17, 15) is 0 Å². The third-order valence-corrected chi connectivity index (χ3v) is 5.02. The Kier molecular flexibility index (Phi) is 4.17. The number of imidazole rings is 1. The summed E-state index contributed by atoms with van der Waals surface area (Å²) in [6, 6.07) is 6.33. The molecule has 0 amide bonds. The molecule has 5 heteroatoms. The predicted octanol–water partition coefficient (Wildman–Crippen LogP) is 3.18. The van der Waals surface area contributed by atoms with Gasteiger partial charge in [0.15, 0.2) is 5.16 Å². The molecular weight excluding hydrogens is 270 g/mol. The number of benzene rings is 1. The quantitative estimate of drug-likeness (QED) is 0.830. The molecule has 1 aromatic carbocycles. The van der Waals surface area contributed by atoms with Crippen molar-refractivity contribution in [3.05, 3.63) is 18.2 Å². The summed E-state index contributed by atoms with van der Waals surface area (Å²) in [5.41, 5.74) is 8.13. The summed E-state index contributed by atoms with van der Waals surface area (Å²) >= 11 is 1.79. The van der Waals surface area contributed by atoms with Crippen molar-refractivity contribution in [1.29, 1.82) is 0 Å². The molecule has 0 spiro atoms. The lowest BCUT2D eigenvalue weighted by molar-refractivity contribution is 0.415. The van der Waals surface area contributed by atoms with Crippen LogP contribution in [0.5, 0.6) is 5.75 Å². The second kappa shape index (κ2) is 6.06. The monoisotopic (exact) mass is 291 g/mol. The van der Waals surface area contributed by atoms with E-state index < -0.39 is 0 Å². The smallest absolute Gasteiger partial charge is 0.166 e. The van der Waals surface area contributed by atoms with Crippen molar-refractivity contribution >= 4 is 22.8 Å². The van der Waals surface area contributed by atoms with Gasteiger partial charge in [-0.3, -0.25) is 0 Å². The highest BCUT2D eigenvalue weighted by Crippen LogP contribution is 2.30. The summed E-state index contributed by atoms with van der Waals surface area (Å²) in [4.78, 5) is 7.94. The molecule has 1 aliphatic carbocycles. The highest BCUT2D eigenvalue weighted by Gasteiger charge is 2.23. The molecule has 4 nitrogen and oxygen atoms in total. The van der Waals surface area contributed by atoms with E-state index in [-0.39, 0.29) is 0 Å². The first-order chi connectivity index (χ1) is 9.76. The van der Waals surface area contributed by atoms with Crippen LogP contribution in [-0.4, -0.2) is 28.9 Å². The molecule has 0 aliphatic heterocycles. The van der Waals surface area contributed by atoms with Gasteiger partial charge in [-0.2, -0.15) is 0 Å². The number of aromatic amines is 1. The molecule has 2 aromatic rings. The minimum Gasteiger partial charge on any atom is -0.497 e. The largest absolute Gasteiger partial charge is 0.497 e. The van der Waals surface area contributed by atoms with E-state index >= 15 is 0 Å². The molecule has 0 bridgehead atoms. The molecule has 2 atom stereocenters. The van der Waals surface area contributed by atoms with Crippen molar-refractivity contribution in [2.24, 2.45) is 11.7 Å². The lowest BCUT2D eigenvalue weighted by atomic mass is 10.0. The first-order valence-corrected chi connectivity index (χ1v) is 8.17. The maximum Gasteiger partial charge on any atom is 0.166 e. The summed E-state index contributed by atoms with van der Waals surface area (Å²) < 4.78 is 5.22. The second-order valence-corrected chi connectivity index (χ2v) is 6.50. The third kappa shape index (κ3) is 2.94. The summed E-state index contributed by atoms with van der Waals surface area (Å²) in [6.07, 6.45) is 4.96. The summed E-state index contributed by atoms with van der Waals surface area (Å²) in [5.74, 6) is 2.64. The third-order valence-electron chi connectivity index (χ3n) is 4.11. The van der Waals surface area contributed by atoms with Gasteiger partial charge in [-0.05, 0) is 37.3 Å². The van der Waals surface area contributed by atoms with Crippen LogP contribution in [0.2, 0.25) is 0 Å². The van der Waals surface area contributed by atoms with Gasteiger partial charge in [-0.15, -0.1) is 0 Å². The van der Waals surface area contributed by atoms with Crippen LogP contribution in [0.25, 0.3) is 11.0 Å². The molecule has 0 radical (unpaired) electrons. The number of nitrogens with two attached hydrogens (primary N) is 1. The van der Waals surface area contributed by atoms with Crippen molar-refractivity contribution in [2.75, 3.05) is 12.9 Å². The number of nitrogens with zero attached hydrogens (tertiary/aromatic N) is 1. The van der Waals surface area contributed by atoms with Crippen LogP contribution < -0.4 is 10.5 Å². The Morgan fingerprint density at radius 3 is 3.10 bits per heavy atom. The van der Waals surface area contributed by atoms with Crippen LogP contribution in [-0.2, 0) is 0 Å². The van der Waals surface area contributed by atoms with E-state index in [2.05, 4.69) is 9.97 Å². The van der Waals surface area contributed by atoms with Crippen LogP contribution in [0, 0.1) is 5.92 Å². The molecule has 108 valence electrons. The number of thioether (sulfide) groups is 1. The van der Waals surface area contributed by atoms with E-state index in [1.165, 1.54) is 25.7 Å². The molecule has 3 N–H and O–H groups in total. The number of nitrogens with one attached hydrogen (secondary N) is 1. The van der Waals surface area contributed by atoms with Crippen LogP contribution in [0.1, 0.15) is 25.7 Å². The first-order valence-electron chi connectivity index (χ1n) is 7.18. The Balaban J connectivity index is 1.60. The minimum atomic E-state index is 0.413. The topological polar surface area (TPSA) is 63.9 Å². The maximum atomic E-state index is 6.11. The predicted molar refractivity (Wildman–Crippen MR) is 83.3 cm³/mol. The molecule has 1 aromatic heterocycles. The Morgan fingerprint density at radius 2 is 2.35 bits per heavy atom. The molecule has 0 saturated heterocycles. The number of ether oxygens (including phenoxy) is 1. The molecular formula is C15H21N3OS. The number of hydrogen-bond donors (Lipinski definition) is 2. The Hall–Kier alpha value is -1.20. The van der Waals surface area contributed by atoms with Gasteiger partial charge in [-0.25, -0.2) is 4.98 Å². The zero-order chi connectivity index (χ0) is 13.9. The van der Waals surface area contributed by atoms with Gasteiger partial charge in [-0.1, -0.05) is 18.2 Å². The lowest BCUT2D eigenvalue weighted by Crippen LogP contribution is -2.24. The van der Waals surface area contributed by atoms with Crippen molar-refractivity contribution < 1.29 is 4.74 Å². The normalized spacial score (nSPS) is 22.5. The van der Waals surface area contributed by atoms with E-state index in [4.69, 9.17) is 10.5 Å². The SMILES string of the molecule is COc1ccc2nc(SCCC3CCCC3N)[nH]c2c1. The molecule has 1 fully saturated rings. The standard InChI is InChI=1S/C15H21N3OS/c1-19-11-5-6-13-14(9-11)18-15(17-13)20-8-7-10-3-2-4-12(10)16/h5-6,9-10,12H,2-4,7-8,16H2,1H3,(H,17,18). The van der Waals surface area contributed by atoms with Crippen molar-refractivity contribution in [3.8, 4) is 5.75 Å². The second-order valence-electron chi connectivity index (χ2n) is 5.42. The van der Waals surface area contributed by atoms with Crippen molar-refractivity contribution in [3.63, 3.8) is 0 Å². The van der Waals surface area contributed by atoms with Crippen LogP contribution in [0.3, 0.4) is 0 Å². The Morgan fingerprint density at radius 1 is 1.45 bits per heavy atom. The number of hydrogen-bond acceptors (Lipinski definition) is 4. The molecule has 1 saturated carbocycles. The van der Waals surface area contributed by atoms with E-state index in [1.54, 1.807) is 18.9 Å².